The molecular formula is C15H18ClFN4O. The molecule has 0 unspecified atom stereocenters. The van der Waals surface area contributed by atoms with Crippen LogP contribution >= 0.6 is 11.6 Å². The number of aromatic nitrogens is 3. The standard InChI is InChI=1S/C15H18ClFN4O/c1-20-6-10(4-19-20)13-8-21(7-11(13)9-22-2)15-14(17)3-12(16)5-18-15/h3-6,11,13H,7-9H2,1-2H3/t11-,13-/m0/s1. The van der Waals surface area contributed by atoms with Gasteiger partial charge < -0.3 is 9.64 Å². The van der Waals surface area contributed by atoms with Gasteiger partial charge >= 0.3 is 0 Å². The lowest BCUT2D eigenvalue weighted by Crippen LogP contribution is -2.23. The fraction of sp³-hybridized carbons (Fsp3) is 0.467. The molecule has 118 valence electrons. The zero-order valence-electron chi connectivity index (χ0n) is 12.5. The monoisotopic (exact) mass is 324 g/mol. The Morgan fingerprint density at radius 3 is 2.86 bits per heavy atom. The Bertz CT molecular complexity index is 663. The van der Waals surface area contributed by atoms with Gasteiger partial charge in [0.25, 0.3) is 0 Å². The Balaban J connectivity index is 1.86. The summed E-state index contributed by atoms with van der Waals surface area (Å²) >= 11 is 5.78. The van der Waals surface area contributed by atoms with Crippen molar-refractivity contribution in [2.24, 2.45) is 13.0 Å². The lowest BCUT2D eigenvalue weighted by Gasteiger charge is -2.17. The summed E-state index contributed by atoms with van der Waals surface area (Å²) in [6.45, 7) is 2.00. The van der Waals surface area contributed by atoms with E-state index >= 15 is 0 Å². The van der Waals surface area contributed by atoms with E-state index < -0.39 is 5.82 Å². The average molecular weight is 325 g/mol. The SMILES string of the molecule is COC[C@@H]1CN(c2ncc(Cl)cc2F)C[C@H]1c1cnn(C)c1. The van der Waals surface area contributed by atoms with Crippen LogP contribution in [-0.2, 0) is 11.8 Å². The van der Waals surface area contributed by atoms with E-state index in [4.69, 9.17) is 16.3 Å². The highest BCUT2D eigenvalue weighted by molar-refractivity contribution is 6.30. The number of hydrogen-bond acceptors (Lipinski definition) is 4. The first-order chi connectivity index (χ1) is 10.6. The fourth-order valence-corrected chi connectivity index (χ4v) is 3.22. The van der Waals surface area contributed by atoms with Crippen LogP contribution in [0.4, 0.5) is 10.2 Å². The van der Waals surface area contributed by atoms with Gasteiger partial charge in [0.15, 0.2) is 11.6 Å². The van der Waals surface area contributed by atoms with Crippen LogP contribution in [0.25, 0.3) is 0 Å². The highest BCUT2D eigenvalue weighted by Gasteiger charge is 2.36. The number of anilines is 1. The maximum Gasteiger partial charge on any atom is 0.167 e. The molecule has 2 aromatic heterocycles. The molecule has 22 heavy (non-hydrogen) atoms. The third-order valence-electron chi connectivity index (χ3n) is 4.06. The maximum atomic E-state index is 14.1. The minimum absolute atomic E-state index is 0.241. The molecule has 5 nitrogen and oxygen atoms in total. The molecule has 0 bridgehead atoms. The van der Waals surface area contributed by atoms with Crippen LogP contribution in [-0.4, -0.2) is 41.6 Å². The quantitative estimate of drug-likeness (QED) is 0.866. The molecule has 2 aromatic rings. The van der Waals surface area contributed by atoms with Crippen molar-refractivity contribution >= 4 is 17.4 Å². The van der Waals surface area contributed by atoms with Crippen LogP contribution in [0.5, 0.6) is 0 Å². The smallest absolute Gasteiger partial charge is 0.167 e. The summed E-state index contributed by atoms with van der Waals surface area (Å²) in [5.41, 5.74) is 1.14. The number of nitrogens with zero attached hydrogens (tertiary/aromatic N) is 4. The molecule has 0 spiro atoms. The molecule has 0 radical (unpaired) electrons. The van der Waals surface area contributed by atoms with Gasteiger partial charge in [-0.05, 0) is 11.6 Å². The van der Waals surface area contributed by atoms with Crippen LogP contribution in [0.1, 0.15) is 11.5 Å². The van der Waals surface area contributed by atoms with E-state index in [0.29, 0.717) is 30.5 Å². The third-order valence-corrected chi connectivity index (χ3v) is 4.27. The van der Waals surface area contributed by atoms with E-state index in [1.807, 2.05) is 24.3 Å². The first kappa shape index (κ1) is 15.2. The molecule has 1 saturated heterocycles. The van der Waals surface area contributed by atoms with Crippen molar-refractivity contribution < 1.29 is 9.13 Å². The Kier molecular flexibility index (Phi) is 4.31. The van der Waals surface area contributed by atoms with Crippen molar-refractivity contribution in [3.05, 3.63) is 41.1 Å². The van der Waals surface area contributed by atoms with Gasteiger partial charge in [-0.3, -0.25) is 4.68 Å². The van der Waals surface area contributed by atoms with Crippen molar-refractivity contribution in [3.63, 3.8) is 0 Å². The second-order valence-corrected chi connectivity index (χ2v) is 6.07. The van der Waals surface area contributed by atoms with Crippen LogP contribution < -0.4 is 4.90 Å². The van der Waals surface area contributed by atoms with Crippen LogP contribution in [0, 0.1) is 11.7 Å². The van der Waals surface area contributed by atoms with E-state index in [9.17, 15) is 4.39 Å². The van der Waals surface area contributed by atoms with Crippen LogP contribution in [0.2, 0.25) is 5.02 Å². The molecule has 1 aliphatic heterocycles. The molecule has 2 atom stereocenters. The number of hydrogen-bond donors (Lipinski definition) is 0. The molecule has 3 rings (SSSR count). The maximum absolute atomic E-state index is 14.1. The largest absolute Gasteiger partial charge is 0.384 e. The highest BCUT2D eigenvalue weighted by atomic mass is 35.5. The molecule has 3 heterocycles. The lowest BCUT2D eigenvalue weighted by atomic mass is 9.92. The van der Waals surface area contributed by atoms with Crippen LogP contribution in [0.15, 0.2) is 24.7 Å². The second-order valence-electron chi connectivity index (χ2n) is 5.63. The summed E-state index contributed by atoms with van der Waals surface area (Å²) in [5, 5.41) is 4.54. The molecule has 1 fully saturated rings. The minimum atomic E-state index is -0.393. The van der Waals surface area contributed by atoms with Crippen LogP contribution in [0.3, 0.4) is 0 Å². The molecule has 0 aliphatic carbocycles. The van der Waals surface area contributed by atoms with E-state index in [2.05, 4.69) is 10.1 Å². The third kappa shape index (κ3) is 2.94. The molecule has 7 heteroatoms. The summed E-state index contributed by atoms with van der Waals surface area (Å²) in [4.78, 5) is 6.10. The van der Waals surface area contributed by atoms with E-state index in [1.165, 1.54) is 12.3 Å². The number of aryl methyl sites for hydroxylation is 1. The average Bonchev–Trinajstić information content (AvgIpc) is 3.06. The highest BCUT2D eigenvalue weighted by Crippen LogP contribution is 2.35. The Labute approximate surface area is 133 Å². The Morgan fingerprint density at radius 2 is 2.23 bits per heavy atom. The zero-order chi connectivity index (χ0) is 15.7. The van der Waals surface area contributed by atoms with Gasteiger partial charge in [0.05, 0.1) is 17.8 Å². The normalized spacial score (nSPS) is 21.5. The lowest BCUT2D eigenvalue weighted by molar-refractivity contribution is 0.153. The van der Waals surface area contributed by atoms with Crippen molar-refractivity contribution in [2.45, 2.75) is 5.92 Å². The minimum Gasteiger partial charge on any atom is -0.384 e. The predicted octanol–water partition coefficient (Wildman–Crippen LogP) is 2.47. The topological polar surface area (TPSA) is 43.2 Å². The summed E-state index contributed by atoms with van der Waals surface area (Å²) in [6, 6.07) is 1.30. The Morgan fingerprint density at radius 1 is 1.41 bits per heavy atom. The summed E-state index contributed by atoms with van der Waals surface area (Å²) in [5.74, 6) is 0.462. The first-order valence-corrected chi connectivity index (χ1v) is 7.49. The predicted molar refractivity (Wildman–Crippen MR) is 82.7 cm³/mol. The van der Waals surface area contributed by atoms with Gasteiger partial charge in [-0.2, -0.15) is 5.10 Å². The number of ether oxygens (including phenoxy) is 1. The van der Waals surface area contributed by atoms with Crippen molar-refractivity contribution in [1.29, 1.82) is 0 Å². The number of pyridine rings is 1. The van der Waals surface area contributed by atoms with Gasteiger partial charge in [-0.1, -0.05) is 11.6 Å². The first-order valence-electron chi connectivity index (χ1n) is 7.12. The molecular weight excluding hydrogens is 307 g/mol. The summed E-state index contributed by atoms with van der Waals surface area (Å²) < 4.78 is 21.2. The summed E-state index contributed by atoms with van der Waals surface area (Å²) in [7, 11) is 3.58. The van der Waals surface area contributed by atoms with E-state index in [1.54, 1.807) is 11.8 Å². The summed E-state index contributed by atoms with van der Waals surface area (Å²) in [6.07, 6.45) is 5.34. The molecule has 0 saturated carbocycles. The fourth-order valence-electron chi connectivity index (χ4n) is 3.08. The number of methoxy groups -OCH3 is 1. The Hall–Kier alpha value is -1.66. The molecule has 0 aromatic carbocycles. The van der Waals surface area contributed by atoms with Crippen molar-refractivity contribution in [2.75, 3.05) is 31.7 Å². The second kappa shape index (κ2) is 6.22. The molecule has 0 N–H and O–H groups in total. The van der Waals surface area contributed by atoms with Gasteiger partial charge in [0, 0.05) is 51.5 Å². The van der Waals surface area contributed by atoms with Gasteiger partial charge in [-0.15, -0.1) is 0 Å². The zero-order valence-corrected chi connectivity index (χ0v) is 13.3. The van der Waals surface area contributed by atoms with Crippen molar-refractivity contribution in [3.8, 4) is 0 Å². The number of halogens is 2. The molecule has 0 amide bonds. The molecule has 1 aliphatic rings. The van der Waals surface area contributed by atoms with Gasteiger partial charge in [0.2, 0.25) is 0 Å². The van der Waals surface area contributed by atoms with E-state index in [-0.39, 0.29) is 11.8 Å². The van der Waals surface area contributed by atoms with Crippen molar-refractivity contribution in [1.82, 2.24) is 14.8 Å². The van der Waals surface area contributed by atoms with Gasteiger partial charge in [0.1, 0.15) is 0 Å². The number of rotatable bonds is 4. The van der Waals surface area contributed by atoms with Gasteiger partial charge in [-0.25, -0.2) is 9.37 Å². The van der Waals surface area contributed by atoms with E-state index in [0.717, 1.165) is 5.56 Å².